The van der Waals surface area contributed by atoms with Gasteiger partial charge in [-0.1, -0.05) is 258 Å². The maximum absolute atomic E-state index is 4.02. The van der Waals surface area contributed by atoms with E-state index in [9.17, 15) is 0 Å². The Morgan fingerprint density at radius 1 is 0.309 bits per heavy atom. The van der Waals surface area contributed by atoms with Crippen LogP contribution in [0.3, 0.4) is 0 Å². The fourth-order valence-electron chi connectivity index (χ4n) is 15.8. The Kier molecular flexibility index (Phi) is 9.49. The Bertz CT molecular complexity index is 4820. The topological polar surface area (TPSA) is 15.3 Å². The highest BCUT2D eigenvalue weighted by atomic mass is 15.2. The Labute approximate surface area is 473 Å². The molecule has 0 radical (unpaired) electrons. The van der Waals surface area contributed by atoms with Gasteiger partial charge in [-0.25, -0.2) is 0 Å². The lowest BCUT2D eigenvalue weighted by Gasteiger charge is -2.43. The molecule has 1 N–H and O–H groups in total. The van der Waals surface area contributed by atoms with Crippen molar-refractivity contribution < 1.29 is 0 Å². The van der Waals surface area contributed by atoms with Gasteiger partial charge in [0.05, 0.1) is 22.5 Å². The molecule has 17 rings (SSSR count). The van der Waals surface area contributed by atoms with Crippen LogP contribution in [0, 0.1) is 0 Å². The zero-order valence-electron chi connectivity index (χ0n) is 45.8. The molecule has 0 saturated carbocycles. The van der Waals surface area contributed by atoms with Crippen LogP contribution in [0.5, 0.6) is 0 Å². The summed E-state index contributed by atoms with van der Waals surface area (Å²) in [6.07, 6.45) is 0. The summed E-state index contributed by atoms with van der Waals surface area (Å²) < 4.78 is 0. The van der Waals surface area contributed by atoms with Gasteiger partial charge in [-0.05, 0) is 152 Å². The van der Waals surface area contributed by atoms with E-state index in [0.717, 1.165) is 11.4 Å². The number of rotatable bonds is 4. The second-order valence-corrected chi connectivity index (χ2v) is 23.9. The second-order valence-electron chi connectivity index (χ2n) is 23.9. The molecular weight excluding hydrogens is 977 g/mol. The SMILES string of the molecule is CC1(C)c2ccccc2Nc2c(-c3cccc4c(-c5cccc6c5C5(c7ccccc7-c7ccccc75)c5ccc7ccccc7c5-6)c5cccc(-c6cccc7c6N(c6ccccc6)c6ccccc6C7(C)C)c5cc34)cccc21. The molecule has 0 atom stereocenters. The van der Waals surface area contributed by atoms with Crippen molar-refractivity contribution in [2.75, 3.05) is 10.2 Å². The monoisotopic (exact) mass is 1030 g/mol. The summed E-state index contributed by atoms with van der Waals surface area (Å²) in [6, 6.07) is 99.1. The van der Waals surface area contributed by atoms with Crippen molar-refractivity contribution in [2.24, 2.45) is 0 Å². The lowest BCUT2D eigenvalue weighted by atomic mass is 9.68. The van der Waals surface area contributed by atoms with Crippen molar-refractivity contribution in [1.82, 2.24) is 0 Å². The normalized spacial score (nSPS) is 15.0. The van der Waals surface area contributed by atoms with Gasteiger partial charge in [-0.3, -0.25) is 0 Å². The number of hydrogen-bond acceptors (Lipinski definition) is 2. The van der Waals surface area contributed by atoms with Crippen LogP contribution < -0.4 is 10.2 Å². The number of hydrogen-bond donors (Lipinski definition) is 1. The first-order chi connectivity index (χ1) is 39.7. The molecule has 2 nitrogen and oxygen atoms in total. The van der Waals surface area contributed by atoms with Gasteiger partial charge in [0.1, 0.15) is 0 Å². The standard InChI is InChI=1S/C79H56N2/c1-77(2)65-39-14-16-43-70(65)80-75-57(33-21-41-68(75)77)51-29-18-31-55-61(51)47-62-52(58-34-22-42-69-76(58)81(49-24-6-5-7-25-49)71-44-17-15-40-66(71)78(69,3)4)30-19-32-56(62)72(55)59-35-20-36-60-73-50-26-9-8-23-48(50)45-46-67(73)79(74(59)60)63-37-12-10-27-53(63)54-28-11-13-38-64(54)79/h5-47,80H,1-4H3. The average molecular weight is 1030 g/mol. The van der Waals surface area contributed by atoms with Crippen LogP contribution >= 0.6 is 0 Å². The van der Waals surface area contributed by atoms with E-state index < -0.39 is 5.41 Å². The van der Waals surface area contributed by atoms with Gasteiger partial charge in [-0.15, -0.1) is 0 Å². The van der Waals surface area contributed by atoms with Gasteiger partial charge in [0.15, 0.2) is 0 Å². The lowest BCUT2D eigenvalue weighted by Crippen LogP contribution is -2.31. The van der Waals surface area contributed by atoms with Gasteiger partial charge in [0.2, 0.25) is 0 Å². The van der Waals surface area contributed by atoms with Crippen LogP contribution in [-0.2, 0) is 16.2 Å². The third-order valence-corrected chi connectivity index (χ3v) is 19.2. The van der Waals surface area contributed by atoms with E-state index in [-0.39, 0.29) is 10.8 Å². The fourth-order valence-corrected chi connectivity index (χ4v) is 15.8. The smallest absolute Gasteiger partial charge is 0.0731 e. The quantitative estimate of drug-likeness (QED) is 0.177. The highest BCUT2D eigenvalue weighted by Crippen LogP contribution is 2.66. The molecule has 13 aromatic rings. The number of nitrogens with zero attached hydrogens (tertiary/aromatic N) is 1. The fraction of sp³-hybridized carbons (Fsp3) is 0.0886. The summed E-state index contributed by atoms with van der Waals surface area (Å²) in [5, 5.41) is 11.4. The highest BCUT2D eigenvalue weighted by molar-refractivity contribution is 6.22. The van der Waals surface area contributed by atoms with Crippen LogP contribution in [0.15, 0.2) is 261 Å². The number of anilines is 5. The van der Waals surface area contributed by atoms with Gasteiger partial charge in [0, 0.05) is 33.3 Å². The van der Waals surface area contributed by atoms with E-state index in [2.05, 4.69) is 299 Å². The molecule has 382 valence electrons. The van der Waals surface area contributed by atoms with Gasteiger partial charge < -0.3 is 10.2 Å². The zero-order valence-corrected chi connectivity index (χ0v) is 45.8. The number of nitrogens with one attached hydrogen (secondary N) is 1. The summed E-state index contributed by atoms with van der Waals surface area (Å²) >= 11 is 0. The molecule has 1 spiro atoms. The van der Waals surface area contributed by atoms with Crippen LogP contribution in [0.25, 0.3) is 88.0 Å². The van der Waals surface area contributed by atoms with E-state index in [0.29, 0.717) is 0 Å². The van der Waals surface area contributed by atoms with E-state index in [1.807, 2.05) is 0 Å². The van der Waals surface area contributed by atoms with Crippen molar-refractivity contribution >= 4 is 60.8 Å². The third-order valence-electron chi connectivity index (χ3n) is 19.2. The molecule has 0 saturated heterocycles. The van der Waals surface area contributed by atoms with Crippen LogP contribution in [0.1, 0.15) is 72.2 Å². The molecule has 0 fully saturated rings. The Balaban J connectivity index is 1.03. The number of para-hydroxylation sites is 5. The van der Waals surface area contributed by atoms with Crippen LogP contribution in [-0.4, -0.2) is 0 Å². The lowest BCUT2D eigenvalue weighted by molar-refractivity contribution is 0.632. The van der Waals surface area contributed by atoms with Crippen molar-refractivity contribution in [3.05, 3.63) is 305 Å². The van der Waals surface area contributed by atoms with Crippen LogP contribution in [0.4, 0.5) is 28.4 Å². The van der Waals surface area contributed by atoms with Crippen LogP contribution in [0.2, 0.25) is 0 Å². The van der Waals surface area contributed by atoms with E-state index in [1.54, 1.807) is 0 Å². The molecule has 4 aliphatic rings. The van der Waals surface area contributed by atoms with Crippen molar-refractivity contribution in [3.8, 4) is 55.6 Å². The van der Waals surface area contributed by atoms with Gasteiger partial charge in [-0.2, -0.15) is 0 Å². The first-order valence-corrected chi connectivity index (χ1v) is 28.7. The minimum atomic E-state index is -0.600. The minimum absolute atomic E-state index is 0.224. The molecule has 13 aromatic carbocycles. The van der Waals surface area contributed by atoms with E-state index in [1.165, 1.54) is 150 Å². The number of fused-ring (bicyclic) bond motifs is 18. The Hall–Kier alpha value is -9.76. The molecule has 2 aliphatic heterocycles. The first-order valence-electron chi connectivity index (χ1n) is 28.7. The van der Waals surface area contributed by atoms with Crippen molar-refractivity contribution in [2.45, 2.75) is 43.9 Å². The predicted octanol–water partition coefficient (Wildman–Crippen LogP) is 21.0. The molecule has 2 heterocycles. The highest BCUT2D eigenvalue weighted by Gasteiger charge is 2.53. The predicted molar refractivity (Wildman–Crippen MR) is 340 cm³/mol. The summed E-state index contributed by atoms with van der Waals surface area (Å²) in [6.45, 7) is 9.56. The maximum Gasteiger partial charge on any atom is 0.0731 e. The number of benzene rings is 13. The van der Waals surface area contributed by atoms with Gasteiger partial charge >= 0.3 is 0 Å². The minimum Gasteiger partial charge on any atom is -0.355 e. The first kappa shape index (κ1) is 46.2. The average Bonchev–Trinajstić information content (AvgIpc) is 3.29. The third kappa shape index (κ3) is 6.06. The molecule has 0 aromatic heterocycles. The van der Waals surface area contributed by atoms with E-state index >= 15 is 0 Å². The van der Waals surface area contributed by atoms with Crippen molar-refractivity contribution in [1.29, 1.82) is 0 Å². The second kappa shape index (κ2) is 16.6. The van der Waals surface area contributed by atoms with E-state index in [4.69, 9.17) is 0 Å². The summed E-state index contributed by atoms with van der Waals surface area (Å²) in [5.74, 6) is 0. The molecule has 0 amide bonds. The molecule has 2 aliphatic carbocycles. The Morgan fingerprint density at radius 3 is 1.54 bits per heavy atom. The molecule has 81 heavy (non-hydrogen) atoms. The Morgan fingerprint density at radius 2 is 0.802 bits per heavy atom. The summed E-state index contributed by atoms with van der Waals surface area (Å²) in [5.41, 5.74) is 27.9. The molecule has 0 unspecified atom stereocenters. The molecule has 0 bridgehead atoms. The molecule has 2 heteroatoms. The zero-order chi connectivity index (χ0) is 53.9. The largest absolute Gasteiger partial charge is 0.355 e. The maximum atomic E-state index is 4.02. The summed E-state index contributed by atoms with van der Waals surface area (Å²) in [7, 11) is 0. The summed E-state index contributed by atoms with van der Waals surface area (Å²) in [4.78, 5) is 2.53. The van der Waals surface area contributed by atoms with Crippen molar-refractivity contribution in [3.63, 3.8) is 0 Å². The van der Waals surface area contributed by atoms with Gasteiger partial charge in [0.25, 0.3) is 0 Å². The molecular formula is C79H56N2.